The SMILES string of the molecule is CC1(C)CN(c2ccc(C(F)(F)F)cc2Br)CC(CO)O1. The highest BCUT2D eigenvalue weighted by Crippen LogP contribution is 2.37. The summed E-state index contributed by atoms with van der Waals surface area (Å²) in [5, 5.41) is 9.30. The number of morpholine rings is 1. The van der Waals surface area contributed by atoms with E-state index < -0.39 is 17.3 Å². The van der Waals surface area contributed by atoms with Gasteiger partial charge in [-0.2, -0.15) is 13.2 Å². The summed E-state index contributed by atoms with van der Waals surface area (Å²) >= 11 is 3.21. The van der Waals surface area contributed by atoms with Crippen molar-refractivity contribution in [2.24, 2.45) is 0 Å². The molecule has 0 amide bonds. The third-order valence-electron chi connectivity index (χ3n) is 3.30. The Hall–Kier alpha value is -0.790. The van der Waals surface area contributed by atoms with E-state index in [1.807, 2.05) is 18.7 Å². The molecule has 0 radical (unpaired) electrons. The van der Waals surface area contributed by atoms with Crippen molar-refractivity contribution in [2.75, 3.05) is 24.6 Å². The van der Waals surface area contributed by atoms with Crippen LogP contribution >= 0.6 is 15.9 Å². The van der Waals surface area contributed by atoms with E-state index in [0.29, 0.717) is 23.2 Å². The first-order valence-corrected chi connectivity index (χ1v) is 7.32. The third kappa shape index (κ3) is 3.90. The zero-order chi connectivity index (χ0) is 15.8. The van der Waals surface area contributed by atoms with Gasteiger partial charge in [-0.1, -0.05) is 0 Å². The lowest BCUT2D eigenvalue weighted by molar-refractivity contribution is -0.137. The summed E-state index contributed by atoms with van der Waals surface area (Å²) in [6, 6.07) is 3.59. The lowest BCUT2D eigenvalue weighted by Gasteiger charge is -2.43. The molecular weight excluding hydrogens is 351 g/mol. The van der Waals surface area contributed by atoms with Crippen LogP contribution in [0.4, 0.5) is 18.9 Å². The number of nitrogens with zero attached hydrogens (tertiary/aromatic N) is 1. The van der Waals surface area contributed by atoms with Gasteiger partial charge in [0.25, 0.3) is 0 Å². The number of anilines is 1. The number of ether oxygens (including phenoxy) is 1. The number of halogens is 4. The Morgan fingerprint density at radius 1 is 1.43 bits per heavy atom. The highest BCUT2D eigenvalue weighted by Gasteiger charge is 2.35. The normalized spacial score (nSPS) is 22.4. The van der Waals surface area contributed by atoms with Crippen LogP contribution in [0.3, 0.4) is 0 Å². The maximum Gasteiger partial charge on any atom is 0.416 e. The maximum atomic E-state index is 12.7. The molecule has 0 saturated carbocycles. The Bertz CT molecular complexity index is 519. The summed E-state index contributed by atoms with van der Waals surface area (Å²) < 4.78 is 44.2. The zero-order valence-electron chi connectivity index (χ0n) is 11.7. The summed E-state index contributed by atoms with van der Waals surface area (Å²) in [4.78, 5) is 1.93. The highest BCUT2D eigenvalue weighted by atomic mass is 79.9. The smallest absolute Gasteiger partial charge is 0.394 e. The number of aliphatic hydroxyl groups excluding tert-OH is 1. The van der Waals surface area contributed by atoms with Crippen LogP contribution in [0.15, 0.2) is 22.7 Å². The van der Waals surface area contributed by atoms with Gasteiger partial charge in [0.15, 0.2) is 0 Å². The van der Waals surface area contributed by atoms with Gasteiger partial charge in [0.05, 0.1) is 29.6 Å². The lowest BCUT2D eigenvalue weighted by Crippen LogP contribution is -2.54. The summed E-state index contributed by atoms with van der Waals surface area (Å²) in [6.07, 6.45) is -4.72. The predicted molar refractivity (Wildman–Crippen MR) is 77.4 cm³/mol. The first-order chi connectivity index (χ1) is 9.62. The minimum atomic E-state index is -4.36. The molecule has 1 heterocycles. The topological polar surface area (TPSA) is 32.7 Å². The molecule has 1 aromatic carbocycles. The molecule has 0 spiro atoms. The summed E-state index contributed by atoms with van der Waals surface area (Å²) in [5.74, 6) is 0. The van der Waals surface area contributed by atoms with E-state index >= 15 is 0 Å². The predicted octanol–water partition coefficient (Wildman–Crippen LogP) is 3.44. The molecule has 0 aliphatic carbocycles. The molecule has 2 rings (SSSR count). The van der Waals surface area contributed by atoms with E-state index in [-0.39, 0.29) is 12.7 Å². The van der Waals surface area contributed by atoms with Gasteiger partial charge in [-0.15, -0.1) is 0 Å². The van der Waals surface area contributed by atoms with Crippen LogP contribution < -0.4 is 4.90 Å². The standard InChI is InChI=1S/C14H17BrF3NO2/c1-13(2)8-19(6-10(7-20)21-13)12-4-3-9(5-11(12)15)14(16,17)18/h3-5,10,20H,6-8H2,1-2H3. The van der Waals surface area contributed by atoms with Crippen molar-refractivity contribution in [3.63, 3.8) is 0 Å². The molecule has 3 nitrogen and oxygen atoms in total. The molecule has 118 valence electrons. The Morgan fingerprint density at radius 2 is 2.10 bits per heavy atom. The molecule has 1 unspecified atom stereocenters. The Morgan fingerprint density at radius 3 is 2.62 bits per heavy atom. The largest absolute Gasteiger partial charge is 0.416 e. The van der Waals surface area contributed by atoms with Crippen LogP contribution in [-0.4, -0.2) is 36.5 Å². The number of aliphatic hydroxyl groups is 1. The molecule has 1 aliphatic heterocycles. The van der Waals surface area contributed by atoms with Crippen LogP contribution in [0.25, 0.3) is 0 Å². The molecule has 1 N–H and O–H groups in total. The van der Waals surface area contributed by atoms with Gasteiger partial charge in [-0.25, -0.2) is 0 Å². The van der Waals surface area contributed by atoms with E-state index in [4.69, 9.17) is 4.74 Å². The monoisotopic (exact) mass is 367 g/mol. The first-order valence-electron chi connectivity index (χ1n) is 6.53. The number of hydrogen-bond acceptors (Lipinski definition) is 3. The molecule has 1 atom stereocenters. The van der Waals surface area contributed by atoms with E-state index in [2.05, 4.69) is 15.9 Å². The minimum Gasteiger partial charge on any atom is -0.394 e. The van der Waals surface area contributed by atoms with Gasteiger partial charge in [0, 0.05) is 17.6 Å². The summed E-state index contributed by atoms with van der Waals surface area (Å²) in [6.45, 7) is 4.62. The third-order valence-corrected chi connectivity index (χ3v) is 3.94. The van der Waals surface area contributed by atoms with Gasteiger partial charge < -0.3 is 14.7 Å². The van der Waals surface area contributed by atoms with Crippen molar-refractivity contribution < 1.29 is 23.0 Å². The minimum absolute atomic E-state index is 0.127. The van der Waals surface area contributed by atoms with E-state index in [1.165, 1.54) is 6.07 Å². The van der Waals surface area contributed by atoms with Crippen LogP contribution in [0.1, 0.15) is 19.4 Å². The molecule has 21 heavy (non-hydrogen) atoms. The highest BCUT2D eigenvalue weighted by molar-refractivity contribution is 9.10. The number of alkyl halides is 3. The molecule has 1 fully saturated rings. The number of benzene rings is 1. The molecule has 1 aliphatic rings. The lowest BCUT2D eigenvalue weighted by atomic mass is 10.0. The second kappa shape index (κ2) is 5.78. The van der Waals surface area contributed by atoms with Crippen molar-refractivity contribution in [2.45, 2.75) is 31.7 Å². The average molecular weight is 368 g/mol. The summed E-state index contributed by atoms with van der Waals surface area (Å²) in [7, 11) is 0. The zero-order valence-corrected chi connectivity index (χ0v) is 13.3. The summed E-state index contributed by atoms with van der Waals surface area (Å²) in [5.41, 5.74) is -0.504. The second-order valence-electron chi connectivity index (χ2n) is 5.73. The Balaban J connectivity index is 2.29. The molecule has 7 heteroatoms. The quantitative estimate of drug-likeness (QED) is 0.868. The fraction of sp³-hybridized carbons (Fsp3) is 0.571. The molecule has 1 saturated heterocycles. The Labute approximate surface area is 129 Å². The average Bonchev–Trinajstić information content (AvgIpc) is 2.35. The van der Waals surface area contributed by atoms with Crippen LogP contribution in [0.5, 0.6) is 0 Å². The van der Waals surface area contributed by atoms with E-state index in [9.17, 15) is 18.3 Å². The van der Waals surface area contributed by atoms with Gasteiger partial charge in [-0.3, -0.25) is 0 Å². The van der Waals surface area contributed by atoms with Crippen LogP contribution in [0.2, 0.25) is 0 Å². The van der Waals surface area contributed by atoms with Crippen molar-refractivity contribution in [1.82, 2.24) is 0 Å². The second-order valence-corrected chi connectivity index (χ2v) is 6.58. The van der Waals surface area contributed by atoms with Crippen molar-refractivity contribution in [3.8, 4) is 0 Å². The van der Waals surface area contributed by atoms with E-state index in [0.717, 1.165) is 12.1 Å². The van der Waals surface area contributed by atoms with Gasteiger partial charge in [-0.05, 0) is 48.0 Å². The molecule has 1 aromatic rings. The van der Waals surface area contributed by atoms with Crippen molar-refractivity contribution in [1.29, 1.82) is 0 Å². The molecule has 0 bridgehead atoms. The van der Waals surface area contributed by atoms with Crippen LogP contribution in [0, 0.1) is 0 Å². The van der Waals surface area contributed by atoms with Crippen molar-refractivity contribution in [3.05, 3.63) is 28.2 Å². The van der Waals surface area contributed by atoms with Gasteiger partial charge in [0.1, 0.15) is 0 Å². The number of hydrogen-bond donors (Lipinski definition) is 1. The first kappa shape index (κ1) is 16.6. The Kier molecular flexibility index (Phi) is 4.56. The number of rotatable bonds is 2. The maximum absolute atomic E-state index is 12.7. The van der Waals surface area contributed by atoms with Crippen molar-refractivity contribution >= 4 is 21.6 Å². The van der Waals surface area contributed by atoms with Crippen LogP contribution in [-0.2, 0) is 10.9 Å². The molecular formula is C14H17BrF3NO2. The fourth-order valence-corrected chi connectivity index (χ4v) is 3.14. The molecule has 0 aromatic heterocycles. The fourth-order valence-electron chi connectivity index (χ4n) is 2.51. The van der Waals surface area contributed by atoms with Gasteiger partial charge in [0.2, 0.25) is 0 Å². The van der Waals surface area contributed by atoms with Gasteiger partial charge >= 0.3 is 6.18 Å². The van der Waals surface area contributed by atoms with E-state index in [1.54, 1.807) is 0 Å².